The van der Waals surface area contributed by atoms with E-state index in [0.717, 1.165) is 0 Å². The summed E-state index contributed by atoms with van der Waals surface area (Å²) in [5.41, 5.74) is 1.77. The van der Waals surface area contributed by atoms with Crippen LogP contribution in [0.25, 0.3) is 11.2 Å². The van der Waals surface area contributed by atoms with Gasteiger partial charge in [0, 0.05) is 11.8 Å². The maximum absolute atomic E-state index is 14.5. The van der Waals surface area contributed by atoms with Crippen molar-refractivity contribution in [2.45, 2.75) is 38.0 Å². The Morgan fingerprint density at radius 2 is 2.07 bits per heavy atom. The van der Waals surface area contributed by atoms with Gasteiger partial charge in [0.25, 0.3) is 5.91 Å². The summed E-state index contributed by atoms with van der Waals surface area (Å²) in [4.78, 5) is 20.9. The van der Waals surface area contributed by atoms with E-state index in [0.29, 0.717) is 28.8 Å². The van der Waals surface area contributed by atoms with Crippen LogP contribution in [-0.4, -0.2) is 43.9 Å². The fourth-order valence-electron chi connectivity index (χ4n) is 3.27. The molecule has 8 heteroatoms. The Hall–Kier alpha value is -2.84. The Labute approximate surface area is 154 Å². The number of aromatic nitrogens is 3. The van der Waals surface area contributed by atoms with Crippen molar-refractivity contribution in [1.82, 2.24) is 14.5 Å². The van der Waals surface area contributed by atoms with Gasteiger partial charge in [-0.05, 0) is 24.6 Å². The maximum atomic E-state index is 14.5. The Bertz CT molecular complexity index is 962. The average molecular weight is 370 g/mol. The monoisotopic (exact) mass is 370 g/mol. The Kier molecular flexibility index (Phi) is 4.59. The quantitative estimate of drug-likeness (QED) is 0.737. The van der Waals surface area contributed by atoms with Crippen molar-refractivity contribution in [1.29, 1.82) is 0 Å². The average Bonchev–Trinajstić information content (AvgIpc) is 3.25. The van der Waals surface area contributed by atoms with E-state index in [9.17, 15) is 14.3 Å². The fraction of sp³-hybridized carbons (Fsp3) is 0.316. The predicted molar refractivity (Wildman–Crippen MR) is 97.0 cm³/mol. The highest BCUT2D eigenvalue weighted by molar-refractivity contribution is 6.07. The lowest BCUT2D eigenvalue weighted by atomic mass is 10.1. The van der Waals surface area contributed by atoms with Crippen LogP contribution < -0.4 is 5.32 Å². The number of hydrogen-bond acceptors (Lipinski definition) is 5. The molecule has 140 valence electrons. The normalized spacial score (nSPS) is 25.0. The third-order valence-corrected chi connectivity index (χ3v) is 4.72. The first-order valence-electron chi connectivity index (χ1n) is 8.75. The summed E-state index contributed by atoms with van der Waals surface area (Å²) in [5.74, 6) is -0.278. The molecule has 27 heavy (non-hydrogen) atoms. The number of nitrogens with one attached hydrogen (secondary N) is 1. The Balaban J connectivity index is 1.65. The smallest absolute Gasteiger partial charge is 0.255 e. The second-order valence-corrected chi connectivity index (χ2v) is 6.41. The number of carbonyl (C=O) groups is 1. The first-order valence-corrected chi connectivity index (χ1v) is 8.75. The van der Waals surface area contributed by atoms with Gasteiger partial charge in [0.05, 0.1) is 18.1 Å². The van der Waals surface area contributed by atoms with Crippen LogP contribution in [0.15, 0.2) is 48.9 Å². The van der Waals surface area contributed by atoms with E-state index in [1.54, 1.807) is 30.3 Å². The topological polar surface area (TPSA) is 89.3 Å². The highest BCUT2D eigenvalue weighted by Gasteiger charge is 2.44. The largest absolute Gasteiger partial charge is 0.387 e. The van der Waals surface area contributed by atoms with Gasteiger partial charge < -0.3 is 15.2 Å². The van der Waals surface area contributed by atoms with Crippen molar-refractivity contribution in [3.8, 4) is 0 Å². The SMILES string of the molecule is CC[C@H]1O[C@@H](n2cnc3c(NC(=O)c4ccccc4)ccnc32)[C@@H](F)[C@@H]1O. The number of amides is 1. The van der Waals surface area contributed by atoms with Crippen LogP contribution in [0.2, 0.25) is 0 Å². The van der Waals surface area contributed by atoms with Crippen LogP contribution in [0, 0.1) is 0 Å². The number of alkyl halides is 1. The molecular weight excluding hydrogens is 351 g/mol. The summed E-state index contributed by atoms with van der Waals surface area (Å²) in [6.07, 6.45) is -0.952. The van der Waals surface area contributed by atoms with Crippen molar-refractivity contribution >= 4 is 22.8 Å². The number of hydrogen-bond donors (Lipinski definition) is 2. The molecule has 0 unspecified atom stereocenters. The lowest BCUT2D eigenvalue weighted by Gasteiger charge is -2.15. The third-order valence-electron chi connectivity index (χ3n) is 4.72. The van der Waals surface area contributed by atoms with Gasteiger partial charge in [-0.15, -0.1) is 0 Å². The van der Waals surface area contributed by atoms with E-state index in [4.69, 9.17) is 4.74 Å². The number of aliphatic hydroxyl groups is 1. The van der Waals surface area contributed by atoms with E-state index in [1.165, 1.54) is 17.1 Å². The van der Waals surface area contributed by atoms with Crippen LogP contribution in [-0.2, 0) is 4.74 Å². The van der Waals surface area contributed by atoms with Crippen molar-refractivity contribution in [3.05, 3.63) is 54.5 Å². The lowest BCUT2D eigenvalue weighted by molar-refractivity contribution is -0.0238. The summed E-state index contributed by atoms with van der Waals surface area (Å²) in [6, 6.07) is 10.4. The van der Waals surface area contributed by atoms with E-state index in [1.807, 2.05) is 13.0 Å². The van der Waals surface area contributed by atoms with E-state index >= 15 is 0 Å². The van der Waals surface area contributed by atoms with Gasteiger partial charge in [-0.2, -0.15) is 0 Å². The van der Waals surface area contributed by atoms with Crippen LogP contribution in [0.3, 0.4) is 0 Å². The van der Waals surface area contributed by atoms with E-state index < -0.39 is 24.6 Å². The zero-order chi connectivity index (χ0) is 19.0. The summed E-state index contributed by atoms with van der Waals surface area (Å²) >= 11 is 0. The summed E-state index contributed by atoms with van der Waals surface area (Å²) in [7, 11) is 0. The minimum Gasteiger partial charge on any atom is -0.387 e. The second kappa shape index (κ2) is 7.05. The van der Waals surface area contributed by atoms with Crippen LogP contribution in [0.5, 0.6) is 0 Å². The van der Waals surface area contributed by atoms with Crippen molar-refractivity contribution < 1.29 is 19.0 Å². The molecular formula is C19H19FN4O3. The molecule has 0 bridgehead atoms. The minimum atomic E-state index is -1.59. The Morgan fingerprint density at radius 1 is 1.30 bits per heavy atom. The third kappa shape index (κ3) is 3.07. The van der Waals surface area contributed by atoms with Crippen molar-refractivity contribution in [2.24, 2.45) is 0 Å². The molecule has 3 aromatic rings. The fourth-order valence-corrected chi connectivity index (χ4v) is 3.27. The molecule has 0 spiro atoms. The molecule has 7 nitrogen and oxygen atoms in total. The van der Waals surface area contributed by atoms with Crippen LogP contribution in [0.4, 0.5) is 10.1 Å². The zero-order valence-corrected chi connectivity index (χ0v) is 14.6. The van der Waals surface area contributed by atoms with E-state index in [2.05, 4.69) is 15.3 Å². The van der Waals surface area contributed by atoms with Gasteiger partial charge in [0.2, 0.25) is 0 Å². The standard InChI is InChI=1S/C19H19FN4O3/c1-2-13-16(25)14(20)19(27-13)24-10-22-15-12(8-9-21-17(15)24)23-18(26)11-6-4-3-5-7-11/h3-10,13-14,16,19,25H,2H2,1H3,(H,21,23,26)/t13-,14+,16-,19-/m1/s1. The molecule has 4 atom stereocenters. The molecule has 0 saturated carbocycles. The number of anilines is 1. The highest BCUT2D eigenvalue weighted by Crippen LogP contribution is 2.35. The van der Waals surface area contributed by atoms with Crippen molar-refractivity contribution in [3.63, 3.8) is 0 Å². The number of nitrogens with zero attached hydrogens (tertiary/aromatic N) is 3. The first kappa shape index (κ1) is 17.6. The zero-order valence-electron chi connectivity index (χ0n) is 14.6. The number of halogens is 1. The lowest BCUT2D eigenvalue weighted by Crippen LogP contribution is -2.27. The molecule has 2 N–H and O–H groups in total. The maximum Gasteiger partial charge on any atom is 0.255 e. The Morgan fingerprint density at radius 3 is 2.78 bits per heavy atom. The highest BCUT2D eigenvalue weighted by atomic mass is 19.1. The van der Waals surface area contributed by atoms with Crippen molar-refractivity contribution in [2.75, 3.05) is 5.32 Å². The number of imidazole rings is 1. The van der Waals surface area contributed by atoms with Gasteiger partial charge in [-0.3, -0.25) is 9.36 Å². The molecule has 0 radical (unpaired) electrons. The number of fused-ring (bicyclic) bond motifs is 1. The van der Waals surface area contributed by atoms with Gasteiger partial charge >= 0.3 is 0 Å². The molecule has 1 aliphatic heterocycles. The van der Waals surface area contributed by atoms with E-state index in [-0.39, 0.29) is 5.91 Å². The molecule has 1 aliphatic rings. The minimum absolute atomic E-state index is 0.278. The second-order valence-electron chi connectivity index (χ2n) is 6.41. The molecule has 1 aromatic carbocycles. The molecule has 1 amide bonds. The molecule has 4 rings (SSSR count). The van der Waals surface area contributed by atoms with Crippen LogP contribution >= 0.6 is 0 Å². The molecule has 1 saturated heterocycles. The number of pyridine rings is 1. The molecule has 3 heterocycles. The summed E-state index contributed by atoms with van der Waals surface area (Å²) < 4.78 is 21.6. The van der Waals surface area contributed by atoms with Gasteiger partial charge in [-0.1, -0.05) is 25.1 Å². The summed E-state index contributed by atoms with van der Waals surface area (Å²) in [5, 5.41) is 12.8. The van der Waals surface area contributed by atoms with Crippen LogP contribution in [0.1, 0.15) is 29.9 Å². The molecule has 2 aromatic heterocycles. The molecule has 0 aliphatic carbocycles. The number of aliphatic hydroxyl groups excluding tert-OH is 1. The van der Waals surface area contributed by atoms with Gasteiger partial charge in [0.15, 0.2) is 18.0 Å². The number of carbonyl (C=O) groups excluding carboxylic acids is 1. The first-order chi connectivity index (χ1) is 13.1. The van der Waals surface area contributed by atoms with Gasteiger partial charge in [-0.25, -0.2) is 14.4 Å². The predicted octanol–water partition coefficient (Wildman–Crippen LogP) is 2.69. The number of rotatable bonds is 4. The number of benzene rings is 1. The number of ether oxygens (including phenoxy) is 1. The molecule has 1 fully saturated rings. The van der Waals surface area contributed by atoms with Gasteiger partial charge in [0.1, 0.15) is 11.6 Å². The summed E-state index contributed by atoms with van der Waals surface area (Å²) in [6.45, 7) is 1.82.